The van der Waals surface area contributed by atoms with E-state index in [0.29, 0.717) is 4.90 Å². The second-order valence-electron chi connectivity index (χ2n) is 6.90. The molecule has 1 heterocycles. The SMILES string of the molecule is COc1cc(C(=O)N2CC(F)(F)C[C@H]2C(=O)O)c([N+](=O)[O-])cc1OCc1ccccc1. The van der Waals surface area contributed by atoms with Crippen molar-refractivity contribution in [3.63, 3.8) is 0 Å². The van der Waals surface area contributed by atoms with Crippen LogP contribution in [0.3, 0.4) is 0 Å². The lowest BCUT2D eigenvalue weighted by Crippen LogP contribution is -2.41. The Morgan fingerprint density at radius 1 is 1.26 bits per heavy atom. The van der Waals surface area contributed by atoms with Crippen LogP contribution in [0.1, 0.15) is 22.3 Å². The Morgan fingerprint density at radius 2 is 1.94 bits per heavy atom. The Kier molecular flexibility index (Phi) is 6.04. The van der Waals surface area contributed by atoms with Gasteiger partial charge in [0, 0.05) is 12.5 Å². The molecule has 0 spiro atoms. The van der Waals surface area contributed by atoms with Crippen LogP contribution in [0.15, 0.2) is 42.5 Å². The van der Waals surface area contributed by atoms with Gasteiger partial charge >= 0.3 is 5.97 Å². The predicted molar refractivity (Wildman–Crippen MR) is 102 cm³/mol. The Morgan fingerprint density at radius 3 is 2.52 bits per heavy atom. The second-order valence-corrected chi connectivity index (χ2v) is 6.90. The van der Waals surface area contributed by atoms with Crippen molar-refractivity contribution in [2.24, 2.45) is 0 Å². The highest BCUT2D eigenvalue weighted by molar-refractivity contribution is 6.01. The van der Waals surface area contributed by atoms with Crippen LogP contribution in [0, 0.1) is 10.1 Å². The largest absolute Gasteiger partial charge is 0.493 e. The van der Waals surface area contributed by atoms with Crippen LogP contribution in [0.4, 0.5) is 14.5 Å². The van der Waals surface area contributed by atoms with Gasteiger partial charge in [-0.2, -0.15) is 0 Å². The highest BCUT2D eigenvalue weighted by Gasteiger charge is 2.51. The molecule has 1 amide bonds. The molecular weight excluding hydrogens is 418 g/mol. The van der Waals surface area contributed by atoms with E-state index in [2.05, 4.69) is 0 Å². The van der Waals surface area contributed by atoms with E-state index in [9.17, 15) is 33.6 Å². The lowest BCUT2D eigenvalue weighted by molar-refractivity contribution is -0.385. The fraction of sp³-hybridized carbons (Fsp3) is 0.300. The number of halogens is 2. The van der Waals surface area contributed by atoms with Gasteiger partial charge in [-0.25, -0.2) is 13.6 Å². The lowest BCUT2D eigenvalue weighted by atomic mass is 10.1. The van der Waals surface area contributed by atoms with Gasteiger partial charge in [0.2, 0.25) is 0 Å². The zero-order valence-electron chi connectivity index (χ0n) is 16.3. The number of methoxy groups -OCH3 is 1. The number of likely N-dealkylation sites (tertiary alicyclic amines) is 1. The minimum atomic E-state index is -3.42. The molecular formula is C20H18F2N2O7. The maximum absolute atomic E-state index is 13.8. The number of benzene rings is 2. The number of carbonyl (C=O) groups is 2. The highest BCUT2D eigenvalue weighted by Crippen LogP contribution is 2.38. The van der Waals surface area contributed by atoms with Crippen molar-refractivity contribution in [1.29, 1.82) is 0 Å². The summed E-state index contributed by atoms with van der Waals surface area (Å²) in [7, 11) is 1.24. The monoisotopic (exact) mass is 436 g/mol. The van der Waals surface area contributed by atoms with E-state index in [-0.39, 0.29) is 18.1 Å². The summed E-state index contributed by atoms with van der Waals surface area (Å²) in [6, 6.07) is 9.07. The van der Waals surface area contributed by atoms with Crippen LogP contribution in [0.25, 0.3) is 0 Å². The Hall–Kier alpha value is -3.76. The van der Waals surface area contributed by atoms with Crippen molar-refractivity contribution < 1.29 is 37.9 Å². The van der Waals surface area contributed by atoms with E-state index in [1.807, 2.05) is 6.07 Å². The average Bonchev–Trinajstić information content (AvgIpc) is 3.07. The summed E-state index contributed by atoms with van der Waals surface area (Å²) in [5.74, 6) is -6.32. The number of ether oxygens (including phenoxy) is 2. The maximum atomic E-state index is 13.8. The molecule has 0 unspecified atom stereocenters. The van der Waals surface area contributed by atoms with Crippen molar-refractivity contribution in [1.82, 2.24) is 4.90 Å². The van der Waals surface area contributed by atoms with Crippen molar-refractivity contribution in [3.05, 3.63) is 63.7 Å². The molecule has 1 aliphatic rings. The normalized spacial score (nSPS) is 17.3. The Bertz CT molecular complexity index is 1010. The number of carboxylic acids is 1. The van der Waals surface area contributed by atoms with E-state index < -0.39 is 53.0 Å². The summed E-state index contributed by atoms with van der Waals surface area (Å²) in [6.45, 7) is -1.10. The van der Waals surface area contributed by atoms with E-state index in [1.165, 1.54) is 7.11 Å². The molecule has 0 saturated carbocycles. The zero-order chi connectivity index (χ0) is 22.8. The number of carbonyl (C=O) groups excluding carboxylic acids is 1. The van der Waals surface area contributed by atoms with Gasteiger partial charge in [-0.15, -0.1) is 0 Å². The summed E-state index contributed by atoms with van der Waals surface area (Å²) in [5.41, 5.74) is -0.512. The standard InChI is InChI=1S/C20H18F2N2O7/c1-30-16-7-13(18(25)23-11-20(21,22)9-15(23)19(26)27)14(24(28)29)8-17(16)31-10-12-5-3-2-4-6-12/h2-8,15H,9-11H2,1H3,(H,26,27)/t15-/m0/s1. The minimum absolute atomic E-state index is 0.0314. The summed E-state index contributed by atoms with van der Waals surface area (Å²) < 4.78 is 38.3. The van der Waals surface area contributed by atoms with Crippen molar-refractivity contribution in [3.8, 4) is 11.5 Å². The molecule has 3 rings (SSSR count). The first kappa shape index (κ1) is 21.9. The summed E-state index contributed by atoms with van der Waals surface area (Å²) in [4.78, 5) is 35.3. The summed E-state index contributed by atoms with van der Waals surface area (Å²) >= 11 is 0. The maximum Gasteiger partial charge on any atom is 0.326 e. The van der Waals surface area contributed by atoms with E-state index in [1.54, 1.807) is 24.3 Å². The first-order valence-corrected chi connectivity index (χ1v) is 9.07. The van der Waals surface area contributed by atoms with Crippen LogP contribution < -0.4 is 9.47 Å². The van der Waals surface area contributed by atoms with Crippen LogP contribution in [0.5, 0.6) is 11.5 Å². The number of hydrogen-bond donors (Lipinski definition) is 1. The molecule has 0 bridgehead atoms. The van der Waals surface area contributed by atoms with Crippen molar-refractivity contribution in [2.45, 2.75) is 25.0 Å². The van der Waals surface area contributed by atoms with Gasteiger partial charge in [-0.1, -0.05) is 30.3 Å². The van der Waals surface area contributed by atoms with Gasteiger partial charge < -0.3 is 19.5 Å². The molecule has 1 N–H and O–H groups in total. The summed E-state index contributed by atoms with van der Waals surface area (Å²) in [5, 5.41) is 20.8. The molecule has 11 heteroatoms. The first-order valence-electron chi connectivity index (χ1n) is 9.07. The molecule has 1 fully saturated rings. The third-order valence-electron chi connectivity index (χ3n) is 4.76. The van der Waals surface area contributed by atoms with Gasteiger partial charge in [0.25, 0.3) is 17.5 Å². The van der Waals surface area contributed by atoms with Gasteiger partial charge in [0.15, 0.2) is 11.5 Å². The molecule has 164 valence electrons. The highest BCUT2D eigenvalue weighted by atomic mass is 19.3. The molecule has 0 radical (unpaired) electrons. The zero-order valence-corrected chi connectivity index (χ0v) is 16.3. The lowest BCUT2D eigenvalue weighted by Gasteiger charge is -2.21. The molecule has 0 aromatic heterocycles. The van der Waals surface area contributed by atoms with Crippen LogP contribution >= 0.6 is 0 Å². The van der Waals surface area contributed by atoms with Gasteiger partial charge in [-0.05, 0) is 5.56 Å². The number of alkyl halides is 2. The van der Waals surface area contributed by atoms with E-state index in [0.717, 1.165) is 17.7 Å². The predicted octanol–water partition coefficient (Wildman–Crippen LogP) is 3.12. The Balaban J connectivity index is 1.97. The molecule has 0 aliphatic carbocycles. The molecule has 31 heavy (non-hydrogen) atoms. The number of nitrogens with zero attached hydrogens (tertiary/aromatic N) is 2. The topological polar surface area (TPSA) is 119 Å². The molecule has 1 saturated heterocycles. The van der Waals surface area contributed by atoms with Gasteiger partial charge in [0.05, 0.1) is 24.6 Å². The number of nitro benzene ring substituents is 1. The number of rotatable bonds is 7. The van der Waals surface area contributed by atoms with Gasteiger partial charge in [0.1, 0.15) is 18.2 Å². The minimum Gasteiger partial charge on any atom is -0.493 e. The molecule has 1 atom stereocenters. The quantitative estimate of drug-likeness (QED) is 0.523. The molecule has 2 aromatic carbocycles. The third-order valence-corrected chi connectivity index (χ3v) is 4.76. The van der Waals surface area contributed by atoms with E-state index in [4.69, 9.17) is 9.47 Å². The van der Waals surface area contributed by atoms with E-state index >= 15 is 0 Å². The van der Waals surface area contributed by atoms with Gasteiger partial charge in [-0.3, -0.25) is 14.9 Å². The molecule has 1 aliphatic heterocycles. The number of nitro groups is 1. The van der Waals surface area contributed by atoms with Crippen LogP contribution in [0.2, 0.25) is 0 Å². The second kappa shape index (κ2) is 8.54. The smallest absolute Gasteiger partial charge is 0.326 e. The van der Waals surface area contributed by atoms with Crippen LogP contribution in [-0.4, -0.2) is 52.4 Å². The average molecular weight is 436 g/mol. The molecule has 2 aromatic rings. The summed E-state index contributed by atoms with van der Waals surface area (Å²) in [6.07, 6.45) is -1.07. The number of carboxylic acid groups (broad SMARTS) is 1. The number of hydrogen-bond acceptors (Lipinski definition) is 6. The number of aliphatic carboxylic acids is 1. The fourth-order valence-electron chi connectivity index (χ4n) is 3.28. The Labute approximate surface area is 174 Å². The first-order chi connectivity index (χ1) is 14.6. The fourth-order valence-corrected chi connectivity index (χ4v) is 3.28. The molecule has 9 nitrogen and oxygen atoms in total. The van der Waals surface area contributed by atoms with Crippen molar-refractivity contribution in [2.75, 3.05) is 13.7 Å². The third kappa shape index (κ3) is 4.71. The van der Waals surface area contributed by atoms with Crippen LogP contribution in [-0.2, 0) is 11.4 Å². The van der Waals surface area contributed by atoms with Crippen molar-refractivity contribution >= 4 is 17.6 Å². The number of amides is 1.